The Morgan fingerprint density at radius 2 is 1.83 bits per heavy atom. The van der Waals surface area contributed by atoms with Crippen LogP contribution in [0.2, 0.25) is 0 Å². The van der Waals surface area contributed by atoms with Crippen LogP contribution in [0, 0.1) is 40.9 Å². The van der Waals surface area contributed by atoms with Crippen molar-refractivity contribution in [3.8, 4) is 11.8 Å². The standard InChI is InChI=1S/C23H21F5N6O/c1-2-3-9-33-21-15(31-23(33)32-8-4-6-13(29)12-32)11-30-34(22(21)35)10-5-7-14-16(24)18(26)20(28)19(27)17(14)25/h5,7,11,13H,4,6,8-10,12,29H2,1H3/b7-5+/t13-/m1/s1. The first kappa shape index (κ1) is 24.4. The zero-order valence-electron chi connectivity index (χ0n) is 18.7. The van der Waals surface area contributed by atoms with Gasteiger partial charge in [0, 0.05) is 19.1 Å². The molecule has 1 aliphatic heterocycles. The number of halogens is 5. The lowest BCUT2D eigenvalue weighted by molar-refractivity contribution is 0.377. The third-order valence-electron chi connectivity index (χ3n) is 5.69. The maximum atomic E-state index is 13.9. The molecule has 1 saturated heterocycles. The lowest BCUT2D eigenvalue weighted by Gasteiger charge is -2.31. The highest BCUT2D eigenvalue weighted by atomic mass is 19.2. The maximum Gasteiger partial charge on any atom is 0.293 e. The van der Waals surface area contributed by atoms with Crippen molar-refractivity contribution in [1.82, 2.24) is 19.3 Å². The van der Waals surface area contributed by atoms with Crippen LogP contribution >= 0.6 is 0 Å². The molecule has 1 aliphatic rings. The van der Waals surface area contributed by atoms with Gasteiger partial charge in [-0.25, -0.2) is 31.6 Å². The minimum absolute atomic E-state index is 0.0314. The van der Waals surface area contributed by atoms with Gasteiger partial charge in [0.15, 0.2) is 23.3 Å². The first-order chi connectivity index (χ1) is 16.7. The summed E-state index contributed by atoms with van der Waals surface area (Å²) in [4.78, 5) is 19.7. The summed E-state index contributed by atoms with van der Waals surface area (Å²) in [5.74, 6) is -4.03. The molecule has 1 atom stereocenters. The van der Waals surface area contributed by atoms with Gasteiger partial charge in [-0.2, -0.15) is 5.10 Å². The monoisotopic (exact) mass is 492 g/mol. The first-order valence-corrected chi connectivity index (χ1v) is 10.8. The molecule has 2 N–H and O–H groups in total. The lowest BCUT2D eigenvalue weighted by Crippen LogP contribution is -2.44. The van der Waals surface area contributed by atoms with Crippen molar-refractivity contribution in [2.75, 3.05) is 18.0 Å². The fourth-order valence-electron chi connectivity index (χ4n) is 3.98. The molecular formula is C23H21F5N6O. The van der Waals surface area contributed by atoms with Crippen molar-refractivity contribution in [1.29, 1.82) is 0 Å². The molecule has 3 heterocycles. The summed E-state index contributed by atoms with van der Waals surface area (Å²) in [5, 5.41) is 4.03. The molecule has 1 aromatic carbocycles. The summed E-state index contributed by atoms with van der Waals surface area (Å²) >= 11 is 0. The van der Waals surface area contributed by atoms with Gasteiger partial charge in [0.1, 0.15) is 11.0 Å². The Labute approximate surface area is 196 Å². The molecule has 184 valence electrons. The van der Waals surface area contributed by atoms with Crippen LogP contribution in [-0.2, 0) is 13.1 Å². The van der Waals surface area contributed by atoms with Crippen molar-refractivity contribution in [2.24, 2.45) is 5.73 Å². The van der Waals surface area contributed by atoms with Gasteiger partial charge in [-0.3, -0.25) is 9.36 Å². The average Bonchev–Trinajstić information content (AvgIpc) is 3.23. The molecule has 0 saturated carbocycles. The Morgan fingerprint density at radius 1 is 1.14 bits per heavy atom. The number of imidazole rings is 1. The van der Waals surface area contributed by atoms with Crippen LogP contribution in [0.1, 0.15) is 25.3 Å². The van der Waals surface area contributed by atoms with E-state index in [9.17, 15) is 26.7 Å². The minimum Gasteiger partial charge on any atom is -0.341 e. The molecule has 3 aromatic rings. The number of piperidine rings is 1. The fraction of sp³-hybridized carbons (Fsp3) is 0.348. The molecule has 2 aromatic heterocycles. The van der Waals surface area contributed by atoms with Crippen molar-refractivity contribution in [3.05, 3.63) is 57.3 Å². The van der Waals surface area contributed by atoms with Gasteiger partial charge in [0.25, 0.3) is 5.56 Å². The van der Waals surface area contributed by atoms with E-state index in [4.69, 9.17) is 5.73 Å². The van der Waals surface area contributed by atoms with Crippen LogP contribution in [0.4, 0.5) is 27.9 Å². The average molecular weight is 492 g/mol. The predicted molar refractivity (Wildman–Crippen MR) is 120 cm³/mol. The molecule has 0 bridgehead atoms. The van der Waals surface area contributed by atoms with E-state index in [1.165, 1.54) is 6.20 Å². The zero-order valence-corrected chi connectivity index (χ0v) is 18.7. The summed E-state index contributed by atoms with van der Waals surface area (Å²) in [5.41, 5.74) is 5.00. The smallest absolute Gasteiger partial charge is 0.293 e. The van der Waals surface area contributed by atoms with Gasteiger partial charge in [0.05, 0.1) is 24.8 Å². The minimum atomic E-state index is -2.24. The molecule has 0 radical (unpaired) electrons. The SMILES string of the molecule is CC#CCn1c(N2CCC[C@@H](N)C2)nc2cnn(C/C=C/c3c(F)c(F)c(F)c(F)c3F)c(=O)c21. The fourth-order valence-corrected chi connectivity index (χ4v) is 3.98. The number of fused-ring (bicyclic) bond motifs is 1. The summed E-state index contributed by atoms with van der Waals surface area (Å²) in [6, 6.07) is -0.0314. The number of hydrogen-bond acceptors (Lipinski definition) is 5. The summed E-state index contributed by atoms with van der Waals surface area (Å²) in [6.07, 6.45) is 4.92. The zero-order chi connectivity index (χ0) is 25.3. The van der Waals surface area contributed by atoms with Gasteiger partial charge in [-0.05, 0) is 19.8 Å². The number of rotatable bonds is 5. The van der Waals surface area contributed by atoms with Gasteiger partial charge in [-0.1, -0.05) is 18.1 Å². The van der Waals surface area contributed by atoms with Gasteiger partial charge in [0.2, 0.25) is 11.8 Å². The third-order valence-corrected chi connectivity index (χ3v) is 5.69. The van der Waals surface area contributed by atoms with Gasteiger partial charge >= 0.3 is 0 Å². The number of benzene rings is 1. The summed E-state index contributed by atoms with van der Waals surface area (Å²) < 4.78 is 70.5. The summed E-state index contributed by atoms with van der Waals surface area (Å²) in [7, 11) is 0. The quantitative estimate of drug-likeness (QED) is 0.256. The third kappa shape index (κ3) is 4.51. The largest absolute Gasteiger partial charge is 0.341 e. The van der Waals surface area contributed by atoms with Crippen molar-refractivity contribution in [2.45, 2.75) is 38.9 Å². The number of hydrogen-bond donors (Lipinski definition) is 1. The molecular weight excluding hydrogens is 471 g/mol. The molecule has 1 fully saturated rings. The van der Waals surface area contributed by atoms with E-state index in [0.29, 0.717) is 24.6 Å². The predicted octanol–water partition coefficient (Wildman–Crippen LogP) is 2.95. The first-order valence-electron chi connectivity index (χ1n) is 10.8. The highest BCUT2D eigenvalue weighted by Crippen LogP contribution is 2.25. The van der Waals surface area contributed by atoms with Gasteiger partial charge in [-0.15, -0.1) is 5.92 Å². The second kappa shape index (κ2) is 9.87. The lowest BCUT2D eigenvalue weighted by atomic mass is 10.1. The van der Waals surface area contributed by atoms with Gasteiger partial charge < -0.3 is 10.6 Å². The van der Waals surface area contributed by atoms with E-state index in [-0.39, 0.29) is 24.6 Å². The van der Waals surface area contributed by atoms with Crippen molar-refractivity contribution < 1.29 is 22.0 Å². The van der Waals surface area contributed by atoms with Crippen molar-refractivity contribution >= 4 is 23.1 Å². The number of anilines is 1. The van der Waals surface area contributed by atoms with Crippen LogP contribution in [-0.4, -0.2) is 38.5 Å². The van der Waals surface area contributed by atoms with E-state index in [2.05, 4.69) is 21.9 Å². The number of aromatic nitrogens is 4. The topological polar surface area (TPSA) is 82.0 Å². The maximum absolute atomic E-state index is 13.9. The van der Waals surface area contributed by atoms with Crippen LogP contribution in [0.5, 0.6) is 0 Å². The molecule has 35 heavy (non-hydrogen) atoms. The molecule has 7 nitrogen and oxygen atoms in total. The second-order valence-electron chi connectivity index (χ2n) is 8.02. The molecule has 12 heteroatoms. The Kier molecular flexibility index (Phi) is 6.88. The number of nitrogens with zero attached hydrogens (tertiary/aromatic N) is 5. The van der Waals surface area contributed by atoms with Crippen LogP contribution in [0.3, 0.4) is 0 Å². The van der Waals surface area contributed by atoms with E-state index in [1.54, 1.807) is 11.5 Å². The molecule has 0 amide bonds. The van der Waals surface area contributed by atoms with E-state index in [1.807, 2.05) is 4.90 Å². The van der Waals surface area contributed by atoms with Crippen LogP contribution in [0.15, 0.2) is 17.1 Å². The highest BCUT2D eigenvalue weighted by molar-refractivity contribution is 5.77. The molecule has 0 spiro atoms. The Morgan fingerprint density at radius 3 is 2.49 bits per heavy atom. The number of allylic oxidation sites excluding steroid dienone is 1. The Hall–Kier alpha value is -3.72. The molecule has 0 unspecified atom stereocenters. The van der Waals surface area contributed by atoms with E-state index >= 15 is 0 Å². The van der Waals surface area contributed by atoms with E-state index < -0.39 is 40.2 Å². The Bertz CT molecular complexity index is 1410. The van der Waals surface area contributed by atoms with Crippen LogP contribution < -0.4 is 16.2 Å². The second-order valence-corrected chi connectivity index (χ2v) is 8.02. The van der Waals surface area contributed by atoms with Crippen LogP contribution in [0.25, 0.3) is 17.1 Å². The van der Waals surface area contributed by atoms with E-state index in [0.717, 1.165) is 29.7 Å². The number of nitrogens with two attached hydrogens (primary N) is 1. The normalized spacial score (nSPS) is 16.2. The Balaban J connectivity index is 1.72. The highest BCUT2D eigenvalue weighted by Gasteiger charge is 2.25. The molecule has 4 rings (SSSR count). The summed E-state index contributed by atoms with van der Waals surface area (Å²) in [6.45, 7) is 2.84. The van der Waals surface area contributed by atoms with Crippen molar-refractivity contribution in [3.63, 3.8) is 0 Å². The molecule has 0 aliphatic carbocycles.